The Kier molecular flexibility index (Phi) is 6.53. The second-order valence-corrected chi connectivity index (χ2v) is 6.60. The zero-order valence-corrected chi connectivity index (χ0v) is 13.6. The lowest BCUT2D eigenvalue weighted by Gasteiger charge is -2.04. The van der Waals surface area contributed by atoms with Gasteiger partial charge < -0.3 is 5.11 Å². The van der Waals surface area contributed by atoms with Crippen LogP contribution in [0.2, 0.25) is 0 Å². The molecule has 0 unspecified atom stereocenters. The number of thioether (sulfide) groups is 1. The molecule has 0 heterocycles. The molecule has 2 nitrogen and oxygen atoms in total. The monoisotopic (exact) mass is 314 g/mol. The number of fused-ring (bicyclic) bond motifs is 1. The average Bonchev–Trinajstić information content (AvgIpc) is 2.53. The Hall–Kier alpha value is -1.74. The maximum Gasteiger partial charge on any atom is 0.330 e. The normalized spacial score (nSPS) is 10.7. The van der Waals surface area contributed by atoms with Crippen molar-refractivity contribution in [1.29, 1.82) is 0 Å². The molecule has 0 aliphatic carbocycles. The van der Waals surface area contributed by atoms with Gasteiger partial charge in [-0.1, -0.05) is 49.8 Å². The predicted octanol–water partition coefficient (Wildman–Crippen LogP) is 5.52. The molecule has 116 valence electrons. The Morgan fingerprint density at radius 2 is 1.73 bits per heavy atom. The van der Waals surface area contributed by atoms with Crippen LogP contribution < -0.4 is 0 Å². The zero-order chi connectivity index (χ0) is 15.8. The van der Waals surface area contributed by atoms with Crippen LogP contribution in [0, 0.1) is 0 Å². The molecule has 0 bridgehead atoms. The van der Waals surface area contributed by atoms with Crippen LogP contribution in [0.4, 0.5) is 0 Å². The van der Waals surface area contributed by atoms with Gasteiger partial charge in [-0.2, -0.15) is 0 Å². The Morgan fingerprint density at radius 1 is 1.00 bits per heavy atom. The molecule has 3 heteroatoms. The van der Waals surface area contributed by atoms with Crippen LogP contribution in [0.15, 0.2) is 59.5 Å². The van der Waals surface area contributed by atoms with Crippen LogP contribution in [-0.2, 0) is 4.79 Å². The van der Waals surface area contributed by atoms with Crippen LogP contribution >= 0.6 is 11.8 Å². The molecule has 2 rings (SSSR count). The topological polar surface area (TPSA) is 37.3 Å². The van der Waals surface area contributed by atoms with Gasteiger partial charge in [-0.3, -0.25) is 0 Å². The van der Waals surface area contributed by atoms with Gasteiger partial charge >= 0.3 is 5.97 Å². The van der Waals surface area contributed by atoms with Crippen LogP contribution in [0.5, 0.6) is 0 Å². The lowest BCUT2D eigenvalue weighted by atomic mass is 10.1. The summed E-state index contributed by atoms with van der Waals surface area (Å²) in [6.45, 7) is 3.55. The summed E-state index contributed by atoms with van der Waals surface area (Å²) < 4.78 is 0. The minimum atomic E-state index is -0.869. The largest absolute Gasteiger partial charge is 0.478 e. The first-order valence-corrected chi connectivity index (χ1v) is 8.68. The number of carboxylic acid groups (broad SMARTS) is 1. The quantitative estimate of drug-likeness (QED) is 0.376. The lowest BCUT2D eigenvalue weighted by Crippen LogP contribution is -1.98. The number of rotatable bonds is 9. The number of hydrogen-bond donors (Lipinski definition) is 1. The van der Waals surface area contributed by atoms with Gasteiger partial charge in [0.25, 0.3) is 0 Å². The highest BCUT2D eigenvalue weighted by Gasteiger charge is 2.02. The molecular formula is C19H22O2S. The third kappa shape index (κ3) is 5.23. The van der Waals surface area contributed by atoms with E-state index in [0.29, 0.717) is 12.0 Å². The molecule has 0 radical (unpaired) electrons. The summed E-state index contributed by atoms with van der Waals surface area (Å²) in [5, 5.41) is 11.3. The van der Waals surface area contributed by atoms with Crippen LogP contribution in [-0.4, -0.2) is 16.8 Å². The van der Waals surface area contributed by atoms with Gasteiger partial charge in [0.05, 0.1) is 0 Å². The van der Waals surface area contributed by atoms with Gasteiger partial charge in [-0.05, 0) is 47.9 Å². The number of hydrogen-bond acceptors (Lipinski definition) is 2. The van der Waals surface area contributed by atoms with E-state index in [-0.39, 0.29) is 0 Å². The molecule has 2 aromatic carbocycles. The molecular weight excluding hydrogens is 292 g/mol. The lowest BCUT2D eigenvalue weighted by molar-refractivity contribution is -0.132. The molecule has 0 spiro atoms. The van der Waals surface area contributed by atoms with Gasteiger partial charge in [-0.25, -0.2) is 4.79 Å². The highest BCUT2D eigenvalue weighted by atomic mass is 32.2. The smallest absolute Gasteiger partial charge is 0.330 e. The van der Waals surface area contributed by atoms with Crippen molar-refractivity contribution in [1.82, 2.24) is 0 Å². The van der Waals surface area contributed by atoms with Gasteiger partial charge in [0, 0.05) is 10.5 Å². The van der Waals surface area contributed by atoms with Crippen molar-refractivity contribution < 1.29 is 9.90 Å². The summed E-state index contributed by atoms with van der Waals surface area (Å²) >= 11 is 1.89. The number of carboxylic acids is 1. The Labute approximate surface area is 136 Å². The first-order valence-electron chi connectivity index (χ1n) is 7.69. The molecule has 0 aromatic heterocycles. The zero-order valence-electron chi connectivity index (χ0n) is 12.8. The summed E-state index contributed by atoms with van der Waals surface area (Å²) in [4.78, 5) is 11.9. The van der Waals surface area contributed by atoms with Crippen molar-refractivity contribution >= 4 is 28.5 Å². The standard InChI is InChI=1S/C19H22O2S/c1-15(19(20)21)8-4-2-3-7-13-22-18-12-11-16-9-5-6-10-17(16)14-18/h5-6,9-12,14H,1-4,7-8,13H2,(H,20,21). The second-order valence-electron chi connectivity index (χ2n) is 5.43. The minimum absolute atomic E-state index is 0.325. The maximum atomic E-state index is 10.6. The molecule has 22 heavy (non-hydrogen) atoms. The summed E-state index contributed by atoms with van der Waals surface area (Å²) in [6, 6.07) is 15.0. The van der Waals surface area contributed by atoms with Crippen LogP contribution in [0.25, 0.3) is 10.8 Å². The Balaban J connectivity index is 1.64. The van der Waals surface area contributed by atoms with E-state index in [0.717, 1.165) is 31.4 Å². The van der Waals surface area contributed by atoms with E-state index in [4.69, 9.17) is 5.11 Å². The summed E-state index contributed by atoms with van der Waals surface area (Å²) in [7, 11) is 0. The molecule has 1 N–H and O–H groups in total. The molecule has 0 aliphatic rings. The van der Waals surface area contributed by atoms with E-state index in [1.807, 2.05) is 11.8 Å². The summed E-state index contributed by atoms with van der Waals surface area (Å²) in [5.41, 5.74) is 0.325. The van der Waals surface area contributed by atoms with Crippen molar-refractivity contribution in [3.63, 3.8) is 0 Å². The molecule has 0 saturated carbocycles. The second kappa shape index (κ2) is 8.64. The summed E-state index contributed by atoms with van der Waals surface area (Å²) in [5.74, 6) is 0.241. The third-order valence-corrected chi connectivity index (χ3v) is 4.75. The maximum absolute atomic E-state index is 10.6. The first-order chi connectivity index (χ1) is 10.7. The van der Waals surface area contributed by atoms with Crippen LogP contribution in [0.1, 0.15) is 32.1 Å². The Morgan fingerprint density at radius 3 is 2.50 bits per heavy atom. The minimum Gasteiger partial charge on any atom is -0.478 e. The fourth-order valence-electron chi connectivity index (χ4n) is 2.35. The van der Waals surface area contributed by atoms with Crippen molar-refractivity contribution in [2.24, 2.45) is 0 Å². The van der Waals surface area contributed by atoms with E-state index in [2.05, 4.69) is 49.0 Å². The van der Waals surface area contributed by atoms with Crippen LogP contribution in [0.3, 0.4) is 0 Å². The highest BCUT2D eigenvalue weighted by Crippen LogP contribution is 2.24. The van der Waals surface area contributed by atoms with E-state index in [1.165, 1.54) is 15.7 Å². The third-order valence-electron chi connectivity index (χ3n) is 3.67. The number of unbranched alkanes of at least 4 members (excludes halogenated alkanes) is 3. The molecule has 0 saturated heterocycles. The van der Waals surface area contributed by atoms with Gasteiger partial charge in [0.2, 0.25) is 0 Å². The highest BCUT2D eigenvalue weighted by molar-refractivity contribution is 7.99. The van der Waals surface area contributed by atoms with Gasteiger partial charge in [-0.15, -0.1) is 11.8 Å². The average molecular weight is 314 g/mol. The number of aliphatic carboxylic acids is 1. The number of carbonyl (C=O) groups is 1. The van der Waals surface area contributed by atoms with E-state index >= 15 is 0 Å². The fraction of sp³-hybridized carbons (Fsp3) is 0.316. The van der Waals surface area contributed by atoms with Gasteiger partial charge in [0.15, 0.2) is 0 Å². The molecule has 0 fully saturated rings. The summed E-state index contributed by atoms with van der Waals surface area (Å²) in [6.07, 6.45) is 4.91. The van der Waals surface area contributed by atoms with Crippen molar-refractivity contribution in [2.75, 3.05) is 5.75 Å². The molecule has 0 atom stereocenters. The molecule has 0 aliphatic heterocycles. The van der Waals surface area contributed by atoms with Crippen molar-refractivity contribution in [3.8, 4) is 0 Å². The van der Waals surface area contributed by atoms with Crippen molar-refractivity contribution in [2.45, 2.75) is 37.0 Å². The SMILES string of the molecule is C=C(CCCCCCSc1ccc2ccccc2c1)C(=O)O. The molecule has 0 amide bonds. The first kappa shape index (κ1) is 16.6. The Bertz CT molecular complexity index is 649. The van der Waals surface area contributed by atoms with E-state index in [9.17, 15) is 4.79 Å². The number of benzene rings is 2. The predicted molar refractivity (Wildman–Crippen MR) is 94.5 cm³/mol. The van der Waals surface area contributed by atoms with E-state index < -0.39 is 5.97 Å². The fourth-order valence-corrected chi connectivity index (χ4v) is 3.31. The van der Waals surface area contributed by atoms with Crippen molar-refractivity contribution in [3.05, 3.63) is 54.6 Å². The van der Waals surface area contributed by atoms with E-state index in [1.54, 1.807) is 0 Å². The van der Waals surface area contributed by atoms with Gasteiger partial charge in [0.1, 0.15) is 0 Å². The molecule has 2 aromatic rings.